The average Bonchev–Trinajstić information content (AvgIpc) is 3.51. The van der Waals surface area contributed by atoms with Crippen LogP contribution in [0.5, 0.6) is 0 Å². The molecule has 1 amide bonds. The summed E-state index contributed by atoms with van der Waals surface area (Å²) in [4.78, 5) is 16.9. The number of nitrogens with zero attached hydrogens (tertiary/aromatic N) is 4. The second-order valence-electron chi connectivity index (χ2n) is 7.15. The number of carbonyl (C=O) groups is 1. The third-order valence-corrected chi connectivity index (χ3v) is 5.00. The van der Waals surface area contributed by atoms with Crippen LogP contribution < -0.4 is 5.32 Å². The van der Waals surface area contributed by atoms with Crippen LogP contribution in [0.4, 0.5) is 5.69 Å². The molecule has 0 aliphatic rings. The summed E-state index contributed by atoms with van der Waals surface area (Å²) < 4.78 is 7.14. The zero-order chi connectivity index (χ0) is 21.8. The Morgan fingerprint density at radius 1 is 0.875 bits per heavy atom. The second kappa shape index (κ2) is 8.69. The molecule has 1 N–H and O–H groups in total. The Labute approximate surface area is 184 Å². The Kier molecular flexibility index (Phi) is 5.28. The molecule has 3 aromatic heterocycles. The van der Waals surface area contributed by atoms with E-state index >= 15 is 0 Å². The molecule has 0 aliphatic heterocycles. The molecule has 0 atom stereocenters. The normalized spacial score (nSPS) is 10.8. The molecule has 5 rings (SSSR count). The first-order valence-electron chi connectivity index (χ1n) is 10.1. The molecule has 0 radical (unpaired) electrons. The summed E-state index contributed by atoms with van der Waals surface area (Å²) in [6.07, 6.45) is 5.12. The number of hydrogen-bond acceptors (Lipinski definition) is 5. The van der Waals surface area contributed by atoms with Gasteiger partial charge in [0.05, 0.1) is 24.1 Å². The number of hydrogen-bond donors (Lipinski definition) is 1. The van der Waals surface area contributed by atoms with Crippen molar-refractivity contribution < 1.29 is 9.21 Å². The molecular weight excluding hydrogens is 402 g/mol. The van der Waals surface area contributed by atoms with E-state index in [0.29, 0.717) is 11.4 Å². The fourth-order valence-corrected chi connectivity index (χ4v) is 3.50. The number of benzene rings is 2. The lowest BCUT2D eigenvalue weighted by Crippen LogP contribution is -2.15. The van der Waals surface area contributed by atoms with Crippen LogP contribution in [-0.2, 0) is 11.2 Å². The van der Waals surface area contributed by atoms with E-state index in [1.165, 1.54) is 0 Å². The number of aromatic nitrogens is 4. The summed E-state index contributed by atoms with van der Waals surface area (Å²) in [5, 5.41) is 11.6. The van der Waals surface area contributed by atoms with Gasteiger partial charge in [-0.05, 0) is 48.5 Å². The zero-order valence-corrected chi connectivity index (χ0v) is 17.1. The minimum absolute atomic E-state index is 0.0925. The maximum atomic E-state index is 12.8. The number of pyridine rings is 1. The molecule has 0 saturated heterocycles. The zero-order valence-electron chi connectivity index (χ0n) is 17.1. The van der Waals surface area contributed by atoms with Crippen molar-refractivity contribution in [1.82, 2.24) is 20.0 Å². The van der Waals surface area contributed by atoms with Gasteiger partial charge < -0.3 is 9.73 Å². The number of anilines is 1. The topological polar surface area (TPSA) is 85.8 Å². The molecule has 3 heterocycles. The first kappa shape index (κ1) is 19.4. The molecule has 7 heteroatoms. The summed E-state index contributed by atoms with van der Waals surface area (Å²) in [7, 11) is 0. The SMILES string of the molecule is O=C(Cc1nnn(-c2ccncc2)c1-c1ccccc1)Nc1ccc(-c2ccco2)cc1. The summed E-state index contributed by atoms with van der Waals surface area (Å²) in [5.74, 6) is 0.609. The highest BCUT2D eigenvalue weighted by Gasteiger charge is 2.19. The lowest BCUT2D eigenvalue weighted by Gasteiger charge is -2.09. The van der Waals surface area contributed by atoms with Crippen LogP contribution in [0.25, 0.3) is 28.3 Å². The Hall–Kier alpha value is -4.52. The lowest BCUT2D eigenvalue weighted by atomic mass is 10.1. The van der Waals surface area contributed by atoms with Crippen molar-refractivity contribution in [2.45, 2.75) is 6.42 Å². The van der Waals surface area contributed by atoms with E-state index in [-0.39, 0.29) is 12.3 Å². The van der Waals surface area contributed by atoms with Crippen LogP contribution in [0.15, 0.2) is 102 Å². The van der Waals surface area contributed by atoms with Gasteiger partial charge in [0, 0.05) is 29.2 Å². The van der Waals surface area contributed by atoms with E-state index in [0.717, 1.165) is 28.3 Å². The second-order valence-corrected chi connectivity index (χ2v) is 7.15. The Bertz CT molecular complexity index is 1310. The van der Waals surface area contributed by atoms with Crippen LogP contribution in [0.2, 0.25) is 0 Å². The molecule has 2 aromatic carbocycles. The predicted octanol–water partition coefficient (Wildman–Crippen LogP) is 4.77. The molecule has 0 unspecified atom stereocenters. The number of furan rings is 1. The highest BCUT2D eigenvalue weighted by Crippen LogP contribution is 2.26. The van der Waals surface area contributed by atoms with E-state index in [2.05, 4.69) is 20.6 Å². The van der Waals surface area contributed by atoms with Crippen molar-refractivity contribution in [3.8, 4) is 28.3 Å². The Balaban J connectivity index is 1.39. The number of rotatable bonds is 6. The van der Waals surface area contributed by atoms with Gasteiger partial charge >= 0.3 is 0 Å². The summed E-state index contributed by atoms with van der Waals surface area (Å²) >= 11 is 0. The molecule has 156 valence electrons. The van der Waals surface area contributed by atoms with Crippen LogP contribution in [0.1, 0.15) is 5.69 Å². The fraction of sp³-hybridized carbons (Fsp3) is 0.0400. The van der Waals surface area contributed by atoms with E-state index < -0.39 is 0 Å². The van der Waals surface area contributed by atoms with Gasteiger partial charge in [0.2, 0.25) is 5.91 Å². The molecule has 32 heavy (non-hydrogen) atoms. The van der Waals surface area contributed by atoms with Gasteiger partial charge in [-0.3, -0.25) is 9.78 Å². The van der Waals surface area contributed by atoms with Crippen molar-refractivity contribution in [3.05, 3.63) is 103 Å². The van der Waals surface area contributed by atoms with E-state index in [4.69, 9.17) is 4.42 Å². The van der Waals surface area contributed by atoms with Crippen molar-refractivity contribution in [1.29, 1.82) is 0 Å². The molecular formula is C25H19N5O2. The van der Waals surface area contributed by atoms with Gasteiger partial charge in [0.15, 0.2) is 0 Å². The van der Waals surface area contributed by atoms with E-state index in [9.17, 15) is 4.79 Å². The molecule has 0 saturated carbocycles. The van der Waals surface area contributed by atoms with Gasteiger partial charge in [0.1, 0.15) is 11.5 Å². The summed E-state index contributed by atoms with van der Waals surface area (Å²) in [5.41, 5.74) is 4.78. The quantitative estimate of drug-likeness (QED) is 0.427. The van der Waals surface area contributed by atoms with Crippen molar-refractivity contribution in [2.75, 3.05) is 5.32 Å². The smallest absolute Gasteiger partial charge is 0.230 e. The van der Waals surface area contributed by atoms with Gasteiger partial charge in [0.25, 0.3) is 0 Å². The average molecular weight is 421 g/mol. The fourth-order valence-electron chi connectivity index (χ4n) is 3.50. The molecule has 0 bridgehead atoms. The predicted molar refractivity (Wildman–Crippen MR) is 121 cm³/mol. The maximum Gasteiger partial charge on any atom is 0.230 e. The Morgan fingerprint density at radius 2 is 1.66 bits per heavy atom. The molecule has 0 spiro atoms. The Morgan fingerprint density at radius 3 is 2.38 bits per heavy atom. The number of carbonyl (C=O) groups excluding carboxylic acids is 1. The molecule has 7 nitrogen and oxygen atoms in total. The first-order chi connectivity index (χ1) is 15.8. The van der Waals surface area contributed by atoms with Gasteiger partial charge in [-0.25, -0.2) is 4.68 Å². The molecule has 5 aromatic rings. The van der Waals surface area contributed by atoms with Crippen molar-refractivity contribution >= 4 is 11.6 Å². The van der Waals surface area contributed by atoms with E-state index in [1.807, 2.05) is 78.9 Å². The minimum atomic E-state index is -0.172. The van der Waals surface area contributed by atoms with Crippen LogP contribution in [-0.4, -0.2) is 25.9 Å². The standard InChI is InChI=1S/C25H19N5O2/c31-24(27-20-10-8-18(9-11-20)23-7-4-16-32-23)17-22-25(19-5-2-1-3-6-19)30(29-28-22)21-12-14-26-15-13-21/h1-16H,17H2,(H,27,31). The van der Waals surface area contributed by atoms with E-state index in [1.54, 1.807) is 23.3 Å². The minimum Gasteiger partial charge on any atom is -0.464 e. The maximum absolute atomic E-state index is 12.8. The van der Waals surface area contributed by atoms with Crippen molar-refractivity contribution in [3.63, 3.8) is 0 Å². The van der Waals surface area contributed by atoms with Crippen LogP contribution in [0.3, 0.4) is 0 Å². The summed E-state index contributed by atoms with van der Waals surface area (Å²) in [6.45, 7) is 0. The highest BCUT2D eigenvalue weighted by atomic mass is 16.3. The number of nitrogens with one attached hydrogen (secondary N) is 1. The number of amides is 1. The van der Waals surface area contributed by atoms with Crippen LogP contribution >= 0.6 is 0 Å². The van der Waals surface area contributed by atoms with Gasteiger partial charge in [-0.2, -0.15) is 0 Å². The largest absolute Gasteiger partial charge is 0.464 e. The van der Waals surface area contributed by atoms with Gasteiger partial charge in [-0.15, -0.1) is 5.10 Å². The molecule has 0 aliphatic carbocycles. The summed E-state index contributed by atoms with van der Waals surface area (Å²) in [6, 6.07) is 24.7. The van der Waals surface area contributed by atoms with Crippen molar-refractivity contribution in [2.24, 2.45) is 0 Å². The first-order valence-corrected chi connectivity index (χ1v) is 10.1. The van der Waals surface area contributed by atoms with Gasteiger partial charge in [-0.1, -0.05) is 35.5 Å². The highest BCUT2D eigenvalue weighted by molar-refractivity contribution is 5.93. The third kappa shape index (κ3) is 4.04. The monoisotopic (exact) mass is 421 g/mol. The lowest BCUT2D eigenvalue weighted by molar-refractivity contribution is -0.115. The van der Waals surface area contributed by atoms with Crippen LogP contribution in [0, 0.1) is 0 Å². The third-order valence-electron chi connectivity index (χ3n) is 5.00. The molecule has 0 fully saturated rings.